The Hall–Kier alpha value is -3.35. The fourth-order valence-corrected chi connectivity index (χ4v) is 1.86. The summed E-state index contributed by atoms with van der Waals surface area (Å²) in [7, 11) is 0. The average molecular weight is 297 g/mol. The van der Waals surface area contributed by atoms with Crippen LogP contribution < -0.4 is 5.32 Å². The number of carboxylic acid groups (broad SMARTS) is 1. The van der Waals surface area contributed by atoms with Crippen molar-refractivity contribution in [2.75, 3.05) is 5.32 Å². The molecule has 0 unspecified atom stereocenters. The van der Waals surface area contributed by atoms with E-state index in [2.05, 4.69) is 15.5 Å². The van der Waals surface area contributed by atoms with Gasteiger partial charge >= 0.3 is 12.0 Å². The quantitative estimate of drug-likeness (QED) is 0.679. The average Bonchev–Trinajstić information content (AvgIpc) is 2.96. The number of phenols is 1. The summed E-state index contributed by atoms with van der Waals surface area (Å²) in [6, 6.07) is 12.9. The lowest BCUT2D eigenvalue weighted by Gasteiger charge is -2.01. The van der Waals surface area contributed by atoms with Gasteiger partial charge in [0.2, 0.25) is 0 Å². The lowest BCUT2D eigenvalue weighted by molar-refractivity contribution is 0.0697. The van der Waals surface area contributed by atoms with Crippen molar-refractivity contribution >= 4 is 17.7 Å². The number of aromatic carboxylic acids is 1. The fraction of sp³-hybridized carbons (Fsp3) is 0. The van der Waals surface area contributed by atoms with Gasteiger partial charge in [-0.2, -0.15) is 0 Å². The summed E-state index contributed by atoms with van der Waals surface area (Å²) >= 11 is 0. The molecule has 0 aliphatic carbocycles. The minimum absolute atomic E-state index is 0.0449. The van der Waals surface area contributed by atoms with Gasteiger partial charge < -0.3 is 19.9 Å². The van der Waals surface area contributed by atoms with Gasteiger partial charge in [0, 0.05) is 5.69 Å². The third-order valence-corrected chi connectivity index (χ3v) is 2.94. The molecule has 0 spiro atoms. The van der Waals surface area contributed by atoms with Crippen molar-refractivity contribution in [2.24, 2.45) is 0 Å². The number of hydrogen-bond acceptors (Lipinski definition) is 6. The van der Waals surface area contributed by atoms with Crippen molar-refractivity contribution in [1.29, 1.82) is 0 Å². The highest BCUT2D eigenvalue weighted by atomic mass is 16.4. The zero-order valence-corrected chi connectivity index (χ0v) is 11.2. The molecular weight excluding hydrogens is 286 g/mol. The third-order valence-electron chi connectivity index (χ3n) is 2.94. The zero-order chi connectivity index (χ0) is 15.5. The Morgan fingerprint density at radius 1 is 1.05 bits per heavy atom. The lowest BCUT2D eigenvalue weighted by Crippen LogP contribution is -1.96. The van der Waals surface area contributed by atoms with E-state index in [1.54, 1.807) is 30.3 Å². The topological polar surface area (TPSA) is 108 Å². The molecular formula is C15H11N3O4. The number of carbonyl (C=O) groups is 1. The summed E-state index contributed by atoms with van der Waals surface area (Å²) < 4.78 is 5.42. The van der Waals surface area contributed by atoms with E-state index in [0.717, 1.165) is 0 Å². The molecule has 22 heavy (non-hydrogen) atoms. The number of rotatable bonds is 4. The summed E-state index contributed by atoms with van der Waals surface area (Å²) in [6.45, 7) is 0. The summed E-state index contributed by atoms with van der Waals surface area (Å²) in [5.74, 6) is -0.766. The molecule has 0 radical (unpaired) electrons. The fourth-order valence-electron chi connectivity index (χ4n) is 1.86. The molecule has 0 aliphatic rings. The Morgan fingerprint density at radius 2 is 1.77 bits per heavy atom. The van der Waals surface area contributed by atoms with Crippen molar-refractivity contribution in [1.82, 2.24) is 10.2 Å². The number of aromatic nitrogens is 2. The van der Waals surface area contributed by atoms with Crippen LogP contribution in [0, 0.1) is 0 Å². The smallest absolute Gasteiger partial charge is 0.335 e. The molecule has 0 aliphatic heterocycles. The monoisotopic (exact) mass is 297 g/mol. The summed E-state index contributed by atoms with van der Waals surface area (Å²) in [5, 5.41) is 29.1. The van der Waals surface area contributed by atoms with Crippen LogP contribution in [0.1, 0.15) is 10.4 Å². The first-order valence-corrected chi connectivity index (χ1v) is 6.36. The van der Waals surface area contributed by atoms with Gasteiger partial charge in [0.05, 0.1) is 11.1 Å². The van der Waals surface area contributed by atoms with Crippen LogP contribution in [-0.2, 0) is 0 Å². The van der Waals surface area contributed by atoms with E-state index < -0.39 is 5.97 Å². The molecule has 1 heterocycles. The van der Waals surface area contributed by atoms with Gasteiger partial charge in [-0.1, -0.05) is 17.2 Å². The number of aromatic hydroxyl groups is 1. The number of para-hydroxylation sites is 1. The number of nitrogens with one attached hydrogen (secondary N) is 1. The molecule has 3 N–H and O–H groups in total. The maximum atomic E-state index is 10.8. The van der Waals surface area contributed by atoms with Crippen molar-refractivity contribution < 1.29 is 19.4 Å². The van der Waals surface area contributed by atoms with E-state index in [0.29, 0.717) is 11.3 Å². The minimum Gasteiger partial charge on any atom is -0.507 e. The van der Waals surface area contributed by atoms with Crippen molar-refractivity contribution in [3.05, 3.63) is 54.1 Å². The molecule has 1 aromatic heterocycles. The predicted molar refractivity (Wildman–Crippen MR) is 78.1 cm³/mol. The van der Waals surface area contributed by atoms with E-state index in [1.165, 1.54) is 18.2 Å². The lowest BCUT2D eigenvalue weighted by atomic mass is 10.2. The molecule has 0 bridgehead atoms. The van der Waals surface area contributed by atoms with E-state index >= 15 is 0 Å². The highest BCUT2D eigenvalue weighted by molar-refractivity contribution is 5.88. The summed E-state index contributed by atoms with van der Waals surface area (Å²) in [6.07, 6.45) is 0. The van der Waals surface area contributed by atoms with Gasteiger partial charge in [-0.3, -0.25) is 0 Å². The second-order valence-corrected chi connectivity index (χ2v) is 4.44. The van der Waals surface area contributed by atoms with Gasteiger partial charge in [-0.05, 0) is 36.4 Å². The second-order valence-electron chi connectivity index (χ2n) is 4.44. The number of carboxylic acids is 1. The molecule has 3 rings (SSSR count). The number of benzene rings is 2. The highest BCUT2D eigenvalue weighted by Gasteiger charge is 2.12. The molecule has 0 amide bonds. The van der Waals surface area contributed by atoms with Gasteiger partial charge in [0.25, 0.3) is 5.89 Å². The molecule has 0 saturated heterocycles. The van der Waals surface area contributed by atoms with Gasteiger partial charge in [-0.25, -0.2) is 4.79 Å². The maximum absolute atomic E-state index is 10.8. The highest BCUT2D eigenvalue weighted by Crippen LogP contribution is 2.29. The Bertz CT molecular complexity index is 812. The molecule has 7 heteroatoms. The van der Waals surface area contributed by atoms with Crippen LogP contribution in [-0.4, -0.2) is 26.4 Å². The van der Waals surface area contributed by atoms with Crippen molar-refractivity contribution in [3.63, 3.8) is 0 Å². The summed E-state index contributed by atoms with van der Waals surface area (Å²) in [4.78, 5) is 10.8. The number of nitrogens with zero attached hydrogens (tertiary/aromatic N) is 2. The van der Waals surface area contributed by atoms with E-state index in [1.807, 2.05) is 0 Å². The standard InChI is InChI=1S/C15H11N3O4/c19-12-4-2-1-3-11(12)13-17-18-15(22-13)16-10-7-5-9(6-8-10)14(20)21/h1-8,19H,(H,16,18)(H,20,21). The maximum Gasteiger partial charge on any atom is 0.335 e. The Kier molecular flexibility index (Phi) is 3.45. The van der Waals surface area contributed by atoms with Crippen LogP contribution in [0.4, 0.5) is 11.7 Å². The molecule has 0 atom stereocenters. The molecule has 0 saturated carbocycles. The summed E-state index contributed by atoms with van der Waals surface area (Å²) in [5.41, 5.74) is 1.23. The number of hydrogen-bond donors (Lipinski definition) is 3. The van der Waals surface area contributed by atoms with Crippen LogP contribution in [0.25, 0.3) is 11.5 Å². The van der Waals surface area contributed by atoms with E-state index in [4.69, 9.17) is 9.52 Å². The van der Waals surface area contributed by atoms with Crippen LogP contribution >= 0.6 is 0 Å². The Labute approximate surface area is 124 Å². The largest absolute Gasteiger partial charge is 0.507 e. The van der Waals surface area contributed by atoms with Gasteiger partial charge in [-0.15, -0.1) is 5.10 Å². The third kappa shape index (κ3) is 2.73. The van der Waals surface area contributed by atoms with Crippen LogP contribution in [0.5, 0.6) is 5.75 Å². The predicted octanol–water partition coefficient (Wildman–Crippen LogP) is 2.88. The second kappa shape index (κ2) is 5.57. The zero-order valence-electron chi connectivity index (χ0n) is 11.2. The first-order chi connectivity index (χ1) is 10.6. The minimum atomic E-state index is -0.994. The molecule has 2 aromatic carbocycles. The molecule has 3 aromatic rings. The van der Waals surface area contributed by atoms with Gasteiger partial charge in [0.1, 0.15) is 5.75 Å². The van der Waals surface area contributed by atoms with Gasteiger partial charge in [0.15, 0.2) is 0 Å². The van der Waals surface area contributed by atoms with Crippen LogP contribution in [0.2, 0.25) is 0 Å². The number of anilines is 2. The SMILES string of the molecule is O=C(O)c1ccc(Nc2nnc(-c3ccccc3O)o2)cc1. The molecule has 0 fully saturated rings. The van der Waals surface area contributed by atoms with Crippen LogP contribution in [0.3, 0.4) is 0 Å². The van der Waals surface area contributed by atoms with Crippen molar-refractivity contribution in [2.45, 2.75) is 0 Å². The van der Waals surface area contributed by atoms with E-state index in [9.17, 15) is 9.90 Å². The molecule has 110 valence electrons. The van der Waals surface area contributed by atoms with Crippen LogP contribution in [0.15, 0.2) is 52.9 Å². The number of phenolic OH excluding ortho intramolecular Hbond substituents is 1. The first-order valence-electron chi connectivity index (χ1n) is 6.36. The molecule has 7 nitrogen and oxygen atoms in total. The van der Waals surface area contributed by atoms with Crippen molar-refractivity contribution in [3.8, 4) is 17.2 Å². The first kappa shape index (κ1) is 13.6. The Balaban J connectivity index is 1.80. The van der Waals surface area contributed by atoms with E-state index in [-0.39, 0.29) is 23.2 Å². The normalized spacial score (nSPS) is 10.4. The Morgan fingerprint density at radius 3 is 2.45 bits per heavy atom.